The minimum Gasteiger partial charge on any atom is -0.497 e. The summed E-state index contributed by atoms with van der Waals surface area (Å²) in [5, 5.41) is 0. The van der Waals surface area contributed by atoms with Crippen LogP contribution in [0.4, 0.5) is 5.69 Å². The molecular formula is C17H24N2O5. The number of carbonyl (C=O) groups excluding carboxylic acids is 2. The van der Waals surface area contributed by atoms with Crippen LogP contribution in [0, 0.1) is 0 Å². The molecule has 0 atom stereocenters. The predicted molar refractivity (Wildman–Crippen MR) is 89.6 cm³/mol. The molecule has 0 aliphatic carbocycles. The molecule has 7 heteroatoms. The molecule has 2 rings (SSSR count). The zero-order valence-corrected chi connectivity index (χ0v) is 14.4. The molecule has 0 unspecified atom stereocenters. The molecule has 1 aromatic rings. The van der Waals surface area contributed by atoms with Gasteiger partial charge in [0.2, 0.25) is 11.8 Å². The molecule has 24 heavy (non-hydrogen) atoms. The first kappa shape index (κ1) is 18.1. The van der Waals surface area contributed by atoms with E-state index in [0.717, 1.165) is 0 Å². The Balaban J connectivity index is 2.09. The molecule has 0 N–H and O–H groups in total. The van der Waals surface area contributed by atoms with Crippen LogP contribution in [0.25, 0.3) is 0 Å². The van der Waals surface area contributed by atoms with E-state index in [1.165, 1.54) is 14.0 Å². The maximum Gasteiger partial charge on any atom is 0.224 e. The van der Waals surface area contributed by atoms with Crippen LogP contribution in [0.2, 0.25) is 0 Å². The summed E-state index contributed by atoms with van der Waals surface area (Å²) in [6, 6.07) is 5.24. The van der Waals surface area contributed by atoms with Crippen molar-refractivity contribution in [2.24, 2.45) is 0 Å². The van der Waals surface area contributed by atoms with Crippen molar-refractivity contribution in [1.29, 1.82) is 0 Å². The number of hydrogen-bond donors (Lipinski definition) is 0. The Bertz CT molecular complexity index is 584. The maximum absolute atomic E-state index is 12.3. The van der Waals surface area contributed by atoms with Crippen LogP contribution in [0.15, 0.2) is 18.2 Å². The van der Waals surface area contributed by atoms with E-state index in [9.17, 15) is 9.59 Å². The lowest BCUT2D eigenvalue weighted by Crippen LogP contribution is -2.42. The van der Waals surface area contributed by atoms with Gasteiger partial charge in [-0.15, -0.1) is 0 Å². The fourth-order valence-corrected chi connectivity index (χ4v) is 2.63. The Morgan fingerprint density at radius 2 is 1.92 bits per heavy atom. The second-order valence-corrected chi connectivity index (χ2v) is 5.45. The highest BCUT2D eigenvalue weighted by Gasteiger charge is 2.21. The quantitative estimate of drug-likeness (QED) is 0.783. The van der Waals surface area contributed by atoms with Gasteiger partial charge in [-0.2, -0.15) is 0 Å². The second-order valence-electron chi connectivity index (χ2n) is 5.45. The molecule has 7 nitrogen and oxygen atoms in total. The fraction of sp³-hybridized carbons (Fsp3) is 0.529. The van der Waals surface area contributed by atoms with Gasteiger partial charge in [0.25, 0.3) is 0 Å². The zero-order chi connectivity index (χ0) is 17.5. The van der Waals surface area contributed by atoms with Crippen LogP contribution in [-0.4, -0.2) is 63.8 Å². The third-order valence-electron chi connectivity index (χ3n) is 3.97. The third-order valence-corrected chi connectivity index (χ3v) is 3.97. The summed E-state index contributed by atoms with van der Waals surface area (Å²) in [5.41, 5.74) is 0.626. The van der Waals surface area contributed by atoms with Crippen molar-refractivity contribution < 1.29 is 23.8 Å². The molecule has 1 heterocycles. The SMILES string of the molecule is COc1ccc(N(CCC(=O)N2CCOCC2)C(C)=O)c(OC)c1. The minimum absolute atomic E-state index is 0.0250. The van der Waals surface area contributed by atoms with Gasteiger partial charge < -0.3 is 24.0 Å². The second kappa shape index (κ2) is 8.54. The van der Waals surface area contributed by atoms with E-state index in [4.69, 9.17) is 14.2 Å². The highest BCUT2D eigenvalue weighted by atomic mass is 16.5. The Morgan fingerprint density at radius 1 is 1.21 bits per heavy atom. The number of carbonyl (C=O) groups is 2. The highest BCUT2D eigenvalue weighted by molar-refractivity contribution is 5.94. The van der Waals surface area contributed by atoms with Crippen molar-refractivity contribution in [3.05, 3.63) is 18.2 Å². The minimum atomic E-state index is -0.145. The summed E-state index contributed by atoms with van der Waals surface area (Å²) in [7, 11) is 3.10. The van der Waals surface area contributed by atoms with Gasteiger partial charge in [-0.1, -0.05) is 0 Å². The Morgan fingerprint density at radius 3 is 2.50 bits per heavy atom. The lowest BCUT2D eigenvalue weighted by Gasteiger charge is -2.28. The number of anilines is 1. The summed E-state index contributed by atoms with van der Waals surface area (Å²) in [6.07, 6.45) is 0.259. The van der Waals surface area contributed by atoms with E-state index in [-0.39, 0.29) is 18.2 Å². The van der Waals surface area contributed by atoms with Gasteiger partial charge in [0.05, 0.1) is 33.1 Å². The van der Waals surface area contributed by atoms with Crippen molar-refractivity contribution in [3.63, 3.8) is 0 Å². The molecule has 0 spiro atoms. The van der Waals surface area contributed by atoms with Crippen LogP contribution >= 0.6 is 0 Å². The maximum atomic E-state index is 12.3. The molecule has 1 aliphatic heterocycles. The molecule has 2 amide bonds. The fourth-order valence-electron chi connectivity index (χ4n) is 2.63. The lowest BCUT2D eigenvalue weighted by molar-refractivity contribution is -0.135. The van der Waals surface area contributed by atoms with E-state index in [0.29, 0.717) is 50.0 Å². The molecule has 1 fully saturated rings. The Labute approximate surface area is 142 Å². The number of morpholine rings is 1. The number of hydrogen-bond acceptors (Lipinski definition) is 5. The first-order chi connectivity index (χ1) is 11.6. The van der Waals surface area contributed by atoms with Gasteiger partial charge in [-0.25, -0.2) is 0 Å². The standard InChI is InChI=1S/C17H24N2O5/c1-13(20)19(7-6-17(21)18-8-10-24-11-9-18)15-5-4-14(22-2)12-16(15)23-3/h4-5,12H,6-11H2,1-3H3. The van der Waals surface area contributed by atoms with Gasteiger partial charge in [-0.3, -0.25) is 9.59 Å². The van der Waals surface area contributed by atoms with Gasteiger partial charge >= 0.3 is 0 Å². The summed E-state index contributed by atoms with van der Waals surface area (Å²) >= 11 is 0. The molecule has 0 saturated carbocycles. The van der Waals surface area contributed by atoms with E-state index < -0.39 is 0 Å². The smallest absolute Gasteiger partial charge is 0.224 e. The van der Waals surface area contributed by atoms with Gasteiger partial charge in [0, 0.05) is 39.0 Å². The van der Waals surface area contributed by atoms with E-state index in [1.54, 1.807) is 35.1 Å². The number of ether oxygens (including phenoxy) is 3. The normalized spacial score (nSPS) is 14.2. The molecule has 0 radical (unpaired) electrons. The number of methoxy groups -OCH3 is 2. The van der Waals surface area contributed by atoms with Crippen LogP contribution in [-0.2, 0) is 14.3 Å². The van der Waals surface area contributed by atoms with Crippen LogP contribution < -0.4 is 14.4 Å². The lowest BCUT2D eigenvalue weighted by atomic mass is 10.2. The van der Waals surface area contributed by atoms with Crippen molar-refractivity contribution in [1.82, 2.24) is 4.90 Å². The van der Waals surface area contributed by atoms with Crippen LogP contribution in [0.5, 0.6) is 11.5 Å². The van der Waals surface area contributed by atoms with Gasteiger partial charge in [-0.05, 0) is 12.1 Å². The first-order valence-corrected chi connectivity index (χ1v) is 7.92. The van der Waals surface area contributed by atoms with E-state index in [2.05, 4.69) is 0 Å². The summed E-state index contributed by atoms with van der Waals surface area (Å²) in [5.74, 6) is 1.05. The number of rotatable bonds is 6. The van der Waals surface area contributed by atoms with E-state index in [1.807, 2.05) is 0 Å². The molecular weight excluding hydrogens is 312 g/mol. The molecule has 1 aromatic carbocycles. The third kappa shape index (κ3) is 4.38. The first-order valence-electron chi connectivity index (χ1n) is 7.92. The largest absolute Gasteiger partial charge is 0.497 e. The Kier molecular flexibility index (Phi) is 6.43. The molecule has 132 valence electrons. The molecule has 0 aromatic heterocycles. The summed E-state index contributed by atoms with van der Waals surface area (Å²) in [6.45, 7) is 4.11. The van der Waals surface area contributed by atoms with Gasteiger partial charge in [0.15, 0.2) is 0 Å². The van der Waals surface area contributed by atoms with Crippen molar-refractivity contribution >= 4 is 17.5 Å². The van der Waals surface area contributed by atoms with Crippen molar-refractivity contribution in [2.45, 2.75) is 13.3 Å². The van der Waals surface area contributed by atoms with E-state index >= 15 is 0 Å². The highest BCUT2D eigenvalue weighted by Crippen LogP contribution is 2.32. The molecule has 1 saturated heterocycles. The van der Waals surface area contributed by atoms with Crippen LogP contribution in [0.3, 0.4) is 0 Å². The van der Waals surface area contributed by atoms with Crippen LogP contribution in [0.1, 0.15) is 13.3 Å². The summed E-state index contributed by atoms with van der Waals surface area (Å²) in [4.78, 5) is 27.7. The summed E-state index contributed by atoms with van der Waals surface area (Å²) < 4.78 is 15.8. The van der Waals surface area contributed by atoms with Gasteiger partial charge in [0.1, 0.15) is 11.5 Å². The Hall–Kier alpha value is -2.28. The van der Waals surface area contributed by atoms with Crippen molar-refractivity contribution in [3.8, 4) is 11.5 Å². The molecule has 1 aliphatic rings. The number of amides is 2. The topological polar surface area (TPSA) is 68.3 Å². The average molecular weight is 336 g/mol. The average Bonchev–Trinajstić information content (AvgIpc) is 2.62. The molecule has 0 bridgehead atoms. The predicted octanol–water partition coefficient (Wildman–Crippen LogP) is 1.31. The number of nitrogens with zero attached hydrogens (tertiary/aromatic N) is 2. The van der Waals surface area contributed by atoms with Crippen molar-refractivity contribution in [2.75, 3.05) is 52.0 Å². The number of benzene rings is 1. The zero-order valence-electron chi connectivity index (χ0n) is 14.4. The monoisotopic (exact) mass is 336 g/mol.